The number of rotatable bonds is 6. The maximum atomic E-state index is 12.5. The number of primary amides is 1. The molecule has 0 aliphatic carbocycles. The molecule has 0 saturated carbocycles. The highest BCUT2D eigenvalue weighted by atomic mass is 16.2. The Balaban J connectivity index is 1.37. The molecule has 0 bridgehead atoms. The molecule has 3 N–H and O–H groups in total. The zero-order valence-electron chi connectivity index (χ0n) is 15.0. The number of aromatic amines is 1. The molecular formula is C19H23N6O2. The maximum Gasteiger partial charge on any atom is 0.293 e. The van der Waals surface area contributed by atoms with Crippen molar-refractivity contribution < 1.29 is 9.59 Å². The molecule has 27 heavy (non-hydrogen) atoms. The molecule has 2 amide bonds. The van der Waals surface area contributed by atoms with Crippen LogP contribution in [0.5, 0.6) is 0 Å². The van der Waals surface area contributed by atoms with E-state index >= 15 is 0 Å². The van der Waals surface area contributed by atoms with E-state index in [9.17, 15) is 9.59 Å². The number of amides is 2. The summed E-state index contributed by atoms with van der Waals surface area (Å²) in [7, 11) is 0. The summed E-state index contributed by atoms with van der Waals surface area (Å²) in [5.41, 5.74) is 6.90. The van der Waals surface area contributed by atoms with Crippen molar-refractivity contribution in [3.63, 3.8) is 0 Å². The van der Waals surface area contributed by atoms with Crippen molar-refractivity contribution in [1.29, 1.82) is 0 Å². The summed E-state index contributed by atoms with van der Waals surface area (Å²) in [5.74, 6) is -0.0172. The highest BCUT2D eigenvalue weighted by Crippen LogP contribution is 2.36. The summed E-state index contributed by atoms with van der Waals surface area (Å²) in [6.45, 7) is 2.69. The van der Waals surface area contributed by atoms with Crippen LogP contribution in [0.25, 0.3) is 0 Å². The first kappa shape index (κ1) is 17.7. The number of H-pyrrole nitrogens is 1. The van der Waals surface area contributed by atoms with E-state index in [2.05, 4.69) is 38.6 Å². The molecular weight excluding hydrogens is 344 g/mol. The van der Waals surface area contributed by atoms with Gasteiger partial charge in [0.05, 0.1) is 6.04 Å². The standard InChI is InChI=1S/C19H23N6O2/c20-17(26)16-15-11-25(19(27)18-21-12-22-23-18)10-14(15)9-24(16)8-4-7-13-5-2-1-3-6-13/h1-3,5-7,12,14-16H,4,8-11H2,(H2,20,26)(H,21,22,23)/t14?,15-,16?/m1/s1. The highest BCUT2D eigenvalue weighted by Gasteiger charge is 2.50. The first-order chi connectivity index (χ1) is 13.1. The van der Waals surface area contributed by atoms with Gasteiger partial charge in [-0.15, -0.1) is 5.10 Å². The van der Waals surface area contributed by atoms with E-state index < -0.39 is 0 Å². The van der Waals surface area contributed by atoms with Gasteiger partial charge in [-0.2, -0.15) is 0 Å². The number of likely N-dealkylation sites (tertiary alicyclic amines) is 2. The summed E-state index contributed by atoms with van der Waals surface area (Å²) in [4.78, 5) is 32.4. The highest BCUT2D eigenvalue weighted by molar-refractivity contribution is 5.90. The van der Waals surface area contributed by atoms with Crippen LogP contribution in [0.1, 0.15) is 22.6 Å². The molecule has 2 saturated heterocycles. The van der Waals surface area contributed by atoms with E-state index in [1.54, 1.807) is 4.90 Å². The lowest BCUT2D eigenvalue weighted by Crippen LogP contribution is -2.46. The number of carbonyl (C=O) groups excluding carboxylic acids is 2. The summed E-state index contributed by atoms with van der Waals surface area (Å²) in [6, 6.07) is 9.82. The minimum Gasteiger partial charge on any atom is -0.368 e. The molecule has 3 heterocycles. The van der Waals surface area contributed by atoms with Crippen LogP contribution in [0.4, 0.5) is 0 Å². The molecule has 8 nitrogen and oxygen atoms in total. The van der Waals surface area contributed by atoms with Gasteiger partial charge < -0.3 is 10.6 Å². The number of hydrogen-bond donors (Lipinski definition) is 2. The lowest BCUT2D eigenvalue weighted by Gasteiger charge is -2.26. The zero-order chi connectivity index (χ0) is 18.8. The molecule has 1 aromatic heterocycles. The SMILES string of the molecule is NC(=O)C1[C@@H]2CN(C(=O)c3nc[nH]n3)CC2CN1CC[CH]c1ccccc1. The summed E-state index contributed by atoms with van der Waals surface area (Å²) in [5, 5.41) is 6.42. The van der Waals surface area contributed by atoms with E-state index in [1.165, 1.54) is 11.9 Å². The van der Waals surface area contributed by atoms with Gasteiger partial charge in [0.1, 0.15) is 6.33 Å². The van der Waals surface area contributed by atoms with Gasteiger partial charge in [0.25, 0.3) is 5.91 Å². The molecule has 2 aromatic rings. The second-order valence-corrected chi connectivity index (χ2v) is 7.20. The number of hydrogen-bond acceptors (Lipinski definition) is 5. The molecule has 1 aromatic carbocycles. The van der Waals surface area contributed by atoms with Crippen molar-refractivity contribution in [2.45, 2.75) is 12.5 Å². The molecule has 2 unspecified atom stereocenters. The molecule has 2 fully saturated rings. The fourth-order valence-electron chi connectivity index (χ4n) is 4.36. The fourth-order valence-corrected chi connectivity index (χ4v) is 4.36. The minimum absolute atomic E-state index is 0.0714. The minimum atomic E-state index is -0.330. The molecule has 141 valence electrons. The Kier molecular flexibility index (Phi) is 4.89. The third-order valence-corrected chi connectivity index (χ3v) is 5.54. The van der Waals surface area contributed by atoms with Gasteiger partial charge in [-0.05, 0) is 30.9 Å². The number of aromatic nitrogens is 3. The Labute approximate surface area is 157 Å². The van der Waals surface area contributed by atoms with E-state index in [0.29, 0.717) is 13.1 Å². The van der Waals surface area contributed by atoms with E-state index in [0.717, 1.165) is 19.5 Å². The van der Waals surface area contributed by atoms with Gasteiger partial charge in [0.15, 0.2) is 0 Å². The first-order valence-electron chi connectivity index (χ1n) is 9.20. The summed E-state index contributed by atoms with van der Waals surface area (Å²) < 4.78 is 0. The predicted octanol–water partition coefficient (Wildman–Crippen LogP) is 0.305. The second-order valence-electron chi connectivity index (χ2n) is 7.20. The summed E-state index contributed by atoms with van der Waals surface area (Å²) >= 11 is 0. The largest absolute Gasteiger partial charge is 0.368 e. The summed E-state index contributed by atoms with van der Waals surface area (Å²) in [6.07, 6.45) is 4.42. The average Bonchev–Trinajstić information content (AvgIpc) is 3.37. The normalized spacial score (nSPS) is 24.9. The average molecular weight is 367 g/mol. The van der Waals surface area contributed by atoms with Crippen LogP contribution in [0, 0.1) is 18.3 Å². The smallest absolute Gasteiger partial charge is 0.293 e. The third-order valence-electron chi connectivity index (χ3n) is 5.54. The van der Waals surface area contributed by atoms with Crippen molar-refractivity contribution in [2.75, 3.05) is 26.2 Å². The van der Waals surface area contributed by atoms with Crippen LogP contribution in [0.3, 0.4) is 0 Å². The molecule has 1 radical (unpaired) electrons. The van der Waals surface area contributed by atoms with E-state index in [1.807, 2.05) is 18.2 Å². The lowest BCUT2D eigenvalue weighted by molar-refractivity contribution is -0.123. The van der Waals surface area contributed by atoms with Gasteiger partial charge in [-0.25, -0.2) is 4.98 Å². The Morgan fingerprint density at radius 2 is 2.04 bits per heavy atom. The second kappa shape index (κ2) is 7.48. The third kappa shape index (κ3) is 3.57. The van der Waals surface area contributed by atoms with Crippen molar-refractivity contribution in [3.05, 3.63) is 54.5 Å². The number of fused-ring (bicyclic) bond motifs is 1. The van der Waals surface area contributed by atoms with Crippen molar-refractivity contribution in [3.8, 4) is 0 Å². The van der Waals surface area contributed by atoms with Gasteiger partial charge >= 0.3 is 0 Å². The van der Waals surface area contributed by atoms with Crippen LogP contribution in [-0.4, -0.2) is 69.0 Å². The van der Waals surface area contributed by atoms with Crippen LogP contribution in [0.2, 0.25) is 0 Å². The van der Waals surface area contributed by atoms with Gasteiger partial charge in [0.2, 0.25) is 11.7 Å². The molecule has 2 aliphatic rings. The fraction of sp³-hybridized carbons (Fsp3) is 0.421. The quantitative estimate of drug-likeness (QED) is 0.764. The van der Waals surface area contributed by atoms with Crippen LogP contribution in [-0.2, 0) is 4.79 Å². The number of benzene rings is 1. The van der Waals surface area contributed by atoms with Crippen molar-refractivity contribution in [2.24, 2.45) is 17.6 Å². The maximum absolute atomic E-state index is 12.5. The first-order valence-corrected chi connectivity index (χ1v) is 9.20. The van der Waals surface area contributed by atoms with Crippen LogP contribution < -0.4 is 5.73 Å². The lowest BCUT2D eigenvalue weighted by atomic mass is 9.94. The molecule has 0 spiro atoms. The number of nitrogens with zero attached hydrogens (tertiary/aromatic N) is 4. The number of nitrogens with two attached hydrogens (primary N) is 1. The number of nitrogens with one attached hydrogen (secondary N) is 1. The zero-order valence-corrected chi connectivity index (χ0v) is 15.0. The van der Waals surface area contributed by atoms with Crippen molar-refractivity contribution in [1.82, 2.24) is 25.0 Å². The van der Waals surface area contributed by atoms with Gasteiger partial charge in [-0.1, -0.05) is 30.3 Å². The van der Waals surface area contributed by atoms with E-state index in [-0.39, 0.29) is 35.5 Å². The molecule has 2 aliphatic heterocycles. The topological polar surface area (TPSA) is 108 Å². The Hall–Kier alpha value is -2.74. The Bertz CT molecular complexity index is 794. The molecule has 4 rings (SSSR count). The monoisotopic (exact) mass is 367 g/mol. The Morgan fingerprint density at radius 1 is 1.22 bits per heavy atom. The van der Waals surface area contributed by atoms with Crippen molar-refractivity contribution >= 4 is 11.8 Å². The Morgan fingerprint density at radius 3 is 2.74 bits per heavy atom. The van der Waals surface area contributed by atoms with Gasteiger partial charge in [-0.3, -0.25) is 19.6 Å². The van der Waals surface area contributed by atoms with E-state index in [4.69, 9.17) is 5.73 Å². The number of carbonyl (C=O) groups is 2. The molecule has 3 atom stereocenters. The van der Waals surface area contributed by atoms with Gasteiger partial charge in [0, 0.05) is 25.6 Å². The molecule has 8 heteroatoms. The predicted molar refractivity (Wildman–Crippen MR) is 98.3 cm³/mol. The van der Waals surface area contributed by atoms with Crippen LogP contribution in [0.15, 0.2) is 36.7 Å². The van der Waals surface area contributed by atoms with Crippen LogP contribution >= 0.6 is 0 Å².